The van der Waals surface area contributed by atoms with Crippen LogP contribution < -0.4 is 15.4 Å². The molecule has 8 nitrogen and oxygen atoms in total. The Morgan fingerprint density at radius 1 is 1.09 bits per heavy atom. The number of imidazole rings is 1. The summed E-state index contributed by atoms with van der Waals surface area (Å²) in [6.07, 6.45) is 3.60. The summed E-state index contributed by atoms with van der Waals surface area (Å²) in [7, 11) is 1.66. The van der Waals surface area contributed by atoms with Crippen LogP contribution in [0, 0.1) is 6.92 Å². The SMILES string of the molecule is COc1cnc(C)cc1-c1ccc2nc(Nc3cc(CN4CCNCC4)ccn3)[nH]c2c1. The molecule has 0 amide bonds. The Balaban J connectivity index is 1.37. The highest BCUT2D eigenvalue weighted by molar-refractivity contribution is 5.85. The third-order valence-electron chi connectivity index (χ3n) is 5.70. The number of pyridine rings is 2. The van der Waals surface area contributed by atoms with Crippen molar-refractivity contribution >= 4 is 22.8 Å². The molecular formula is C24H27N7O. The number of ether oxygens (including phenoxy) is 1. The van der Waals surface area contributed by atoms with Gasteiger partial charge < -0.3 is 20.4 Å². The normalized spacial score (nSPS) is 14.6. The van der Waals surface area contributed by atoms with Gasteiger partial charge in [0.25, 0.3) is 0 Å². The van der Waals surface area contributed by atoms with Crippen molar-refractivity contribution in [3.8, 4) is 16.9 Å². The van der Waals surface area contributed by atoms with Crippen molar-refractivity contribution in [3.05, 3.63) is 60.0 Å². The van der Waals surface area contributed by atoms with E-state index < -0.39 is 0 Å². The third-order valence-corrected chi connectivity index (χ3v) is 5.70. The lowest BCUT2D eigenvalue weighted by Crippen LogP contribution is -2.42. The first-order valence-electron chi connectivity index (χ1n) is 10.8. The number of fused-ring (bicyclic) bond motifs is 1. The predicted molar refractivity (Wildman–Crippen MR) is 126 cm³/mol. The van der Waals surface area contributed by atoms with Gasteiger partial charge in [-0.25, -0.2) is 9.97 Å². The summed E-state index contributed by atoms with van der Waals surface area (Å²) in [5.41, 5.74) is 6.07. The monoisotopic (exact) mass is 429 g/mol. The second kappa shape index (κ2) is 8.94. The molecule has 1 aliphatic rings. The van der Waals surface area contributed by atoms with E-state index in [0.29, 0.717) is 5.95 Å². The van der Waals surface area contributed by atoms with Crippen LogP contribution in [-0.2, 0) is 6.54 Å². The van der Waals surface area contributed by atoms with Gasteiger partial charge in [0.05, 0.1) is 24.3 Å². The molecule has 3 aromatic heterocycles. The number of nitrogens with zero attached hydrogens (tertiary/aromatic N) is 4. The first-order valence-corrected chi connectivity index (χ1v) is 10.8. The fourth-order valence-corrected chi connectivity index (χ4v) is 4.06. The molecule has 1 aliphatic heterocycles. The van der Waals surface area contributed by atoms with Crippen LogP contribution in [0.2, 0.25) is 0 Å². The van der Waals surface area contributed by atoms with Gasteiger partial charge in [-0.05, 0) is 48.4 Å². The molecule has 164 valence electrons. The maximum Gasteiger partial charge on any atom is 0.206 e. The second-order valence-corrected chi connectivity index (χ2v) is 8.04. The van der Waals surface area contributed by atoms with E-state index in [-0.39, 0.29) is 0 Å². The molecule has 4 aromatic rings. The van der Waals surface area contributed by atoms with E-state index in [2.05, 4.69) is 59.7 Å². The smallest absolute Gasteiger partial charge is 0.206 e. The van der Waals surface area contributed by atoms with Gasteiger partial charge in [0, 0.05) is 50.2 Å². The average Bonchev–Trinajstić information content (AvgIpc) is 3.21. The number of piperazine rings is 1. The Morgan fingerprint density at radius 3 is 2.81 bits per heavy atom. The number of aromatic amines is 1. The number of hydrogen-bond acceptors (Lipinski definition) is 7. The van der Waals surface area contributed by atoms with Crippen molar-refractivity contribution in [1.29, 1.82) is 0 Å². The molecule has 0 spiro atoms. The summed E-state index contributed by atoms with van der Waals surface area (Å²) in [5, 5.41) is 6.71. The second-order valence-electron chi connectivity index (χ2n) is 8.04. The van der Waals surface area contributed by atoms with E-state index in [4.69, 9.17) is 4.74 Å². The van der Waals surface area contributed by atoms with E-state index in [0.717, 1.165) is 72.1 Å². The molecule has 0 aliphatic carbocycles. The van der Waals surface area contributed by atoms with E-state index in [1.807, 2.05) is 25.3 Å². The zero-order valence-corrected chi connectivity index (χ0v) is 18.4. The minimum Gasteiger partial charge on any atom is -0.494 e. The molecule has 8 heteroatoms. The highest BCUT2D eigenvalue weighted by Crippen LogP contribution is 2.32. The van der Waals surface area contributed by atoms with Crippen molar-refractivity contribution in [1.82, 2.24) is 30.2 Å². The zero-order chi connectivity index (χ0) is 21.9. The van der Waals surface area contributed by atoms with Crippen molar-refractivity contribution in [2.45, 2.75) is 13.5 Å². The lowest BCUT2D eigenvalue weighted by atomic mass is 10.0. The molecule has 0 unspecified atom stereocenters. The Kier molecular flexibility index (Phi) is 5.70. The van der Waals surface area contributed by atoms with Crippen molar-refractivity contribution in [2.24, 2.45) is 0 Å². The Morgan fingerprint density at radius 2 is 1.97 bits per heavy atom. The number of aromatic nitrogens is 4. The minimum absolute atomic E-state index is 0.668. The van der Waals surface area contributed by atoms with Gasteiger partial charge in [-0.2, -0.15) is 0 Å². The van der Waals surface area contributed by atoms with Gasteiger partial charge in [0.2, 0.25) is 5.95 Å². The Hall–Kier alpha value is -3.49. The summed E-state index contributed by atoms with van der Waals surface area (Å²) >= 11 is 0. The third kappa shape index (κ3) is 4.42. The number of H-pyrrole nitrogens is 1. The molecule has 5 rings (SSSR count). The lowest BCUT2D eigenvalue weighted by Gasteiger charge is -2.27. The largest absolute Gasteiger partial charge is 0.494 e. The molecule has 0 bridgehead atoms. The molecule has 32 heavy (non-hydrogen) atoms. The number of anilines is 2. The van der Waals surface area contributed by atoms with Crippen LogP contribution in [-0.4, -0.2) is 58.1 Å². The maximum atomic E-state index is 5.50. The standard InChI is InChI=1S/C24H27N7O/c1-16-11-19(22(32-2)14-27-16)18-3-4-20-21(13-18)29-24(28-20)30-23-12-17(5-6-26-23)15-31-9-7-25-8-10-31/h3-6,11-14,25H,7-10,15H2,1-2H3,(H2,26,28,29,30). The van der Waals surface area contributed by atoms with Gasteiger partial charge in [-0.15, -0.1) is 0 Å². The summed E-state index contributed by atoms with van der Waals surface area (Å²) in [5.74, 6) is 2.20. The van der Waals surface area contributed by atoms with Crippen LogP contribution in [0.5, 0.6) is 5.75 Å². The van der Waals surface area contributed by atoms with E-state index in [9.17, 15) is 0 Å². The number of methoxy groups -OCH3 is 1. The first kappa shape index (κ1) is 20.4. The van der Waals surface area contributed by atoms with Gasteiger partial charge in [0.15, 0.2) is 0 Å². The molecule has 4 heterocycles. The molecule has 1 fully saturated rings. The molecule has 0 saturated carbocycles. The van der Waals surface area contributed by atoms with Gasteiger partial charge in [0.1, 0.15) is 11.6 Å². The minimum atomic E-state index is 0.668. The number of nitrogens with one attached hydrogen (secondary N) is 3. The highest BCUT2D eigenvalue weighted by Gasteiger charge is 2.12. The molecule has 0 radical (unpaired) electrons. The van der Waals surface area contributed by atoms with Gasteiger partial charge in [-0.3, -0.25) is 9.88 Å². The highest BCUT2D eigenvalue weighted by atomic mass is 16.5. The number of benzene rings is 1. The first-order chi connectivity index (χ1) is 15.7. The lowest BCUT2D eigenvalue weighted by molar-refractivity contribution is 0.233. The fourth-order valence-electron chi connectivity index (χ4n) is 4.06. The molecule has 1 saturated heterocycles. The number of hydrogen-bond donors (Lipinski definition) is 3. The van der Waals surface area contributed by atoms with Crippen LogP contribution >= 0.6 is 0 Å². The van der Waals surface area contributed by atoms with Gasteiger partial charge in [-0.1, -0.05) is 6.07 Å². The predicted octanol–water partition coefficient (Wildman–Crippen LogP) is 3.49. The topological polar surface area (TPSA) is 91.0 Å². The van der Waals surface area contributed by atoms with Crippen LogP contribution in [0.1, 0.15) is 11.3 Å². The molecular weight excluding hydrogens is 402 g/mol. The van der Waals surface area contributed by atoms with E-state index in [1.165, 1.54) is 5.56 Å². The van der Waals surface area contributed by atoms with Crippen molar-refractivity contribution in [2.75, 3.05) is 38.6 Å². The average molecular weight is 430 g/mol. The zero-order valence-electron chi connectivity index (χ0n) is 18.4. The van der Waals surface area contributed by atoms with E-state index in [1.54, 1.807) is 13.3 Å². The van der Waals surface area contributed by atoms with Crippen LogP contribution in [0.3, 0.4) is 0 Å². The van der Waals surface area contributed by atoms with E-state index >= 15 is 0 Å². The summed E-state index contributed by atoms with van der Waals surface area (Å²) in [6.45, 7) is 7.13. The van der Waals surface area contributed by atoms with Crippen molar-refractivity contribution < 1.29 is 4.74 Å². The number of rotatable bonds is 6. The summed E-state index contributed by atoms with van der Waals surface area (Å²) in [4.78, 5) is 19.3. The maximum absolute atomic E-state index is 5.50. The molecule has 0 atom stereocenters. The quantitative estimate of drug-likeness (QED) is 0.432. The fraction of sp³-hybridized carbons (Fsp3) is 0.292. The van der Waals surface area contributed by atoms with Crippen LogP contribution in [0.15, 0.2) is 48.8 Å². The Bertz CT molecular complexity index is 1230. The molecule has 1 aromatic carbocycles. The summed E-state index contributed by atoms with van der Waals surface area (Å²) in [6, 6.07) is 12.3. The molecule has 3 N–H and O–H groups in total. The summed E-state index contributed by atoms with van der Waals surface area (Å²) < 4.78 is 5.50. The van der Waals surface area contributed by atoms with Crippen molar-refractivity contribution in [3.63, 3.8) is 0 Å². The Labute approximate surface area is 187 Å². The number of aryl methyl sites for hydroxylation is 1. The van der Waals surface area contributed by atoms with Crippen LogP contribution in [0.4, 0.5) is 11.8 Å². The van der Waals surface area contributed by atoms with Crippen LogP contribution in [0.25, 0.3) is 22.2 Å². The van der Waals surface area contributed by atoms with Gasteiger partial charge >= 0.3 is 0 Å².